The fourth-order valence-corrected chi connectivity index (χ4v) is 2.01. The highest BCUT2D eigenvalue weighted by atomic mass is 16.2. The molecule has 0 N–H and O–H groups in total. The quantitative estimate of drug-likeness (QED) is 0.717. The molecule has 0 saturated heterocycles. The van der Waals surface area contributed by atoms with Crippen molar-refractivity contribution in [1.29, 1.82) is 5.26 Å². The Hall–Kier alpha value is -2.36. The first-order chi connectivity index (χ1) is 8.52. The van der Waals surface area contributed by atoms with Crippen LogP contribution < -0.4 is 11.2 Å². The highest BCUT2D eigenvalue weighted by molar-refractivity contribution is 5.70. The largest absolute Gasteiger partial charge is 0.333 e. The molecule has 0 aliphatic rings. The second-order valence-corrected chi connectivity index (χ2v) is 4.00. The molecule has 7 nitrogen and oxygen atoms in total. The van der Waals surface area contributed by atoms with Gasteiger partial charge in [-0.3, -0.25) is 9.36 Å². The summed E-state index contributed by atoms with van der Waals surface area (Å²) in [6.45, 7) is 1.67. The normalized spacial score (nSPS) is 10.8. The molecule has 18 heavy (non-hydrogen) atoms. The monoisotopic (exact) mass is 247 g/mol. The van der Waals surface area contributed by atoms with Crippen LogP contribution in [0.25, 0.3) is 11.2 Å². The maximum Gasteiger partial charge on any atom is 0.333 e. The van der Waals surface area contributed by atoms with E-state index in [1.54, 1.807) is 18.7 Å². The molecule has 2 rings (SSSR count). The first kappa shape index (κ1) is 12.1. The molecule has 2 heterocycles. The SMILES string of the molecule is CCc1nc2c(c(=O)n(CC#N)c(=O)n2C)n1C. The van der Waals surface area contributed by atoms with Gasteiger partial charge in [0.2, 0.25) is 0 Å². The molecule has 0 bridgehead atoms. The van der Waals surface area contributed by atoms with Gasteiger partial charge in [-0.2, -0.15) is 5.26 Å². The Labute approximate surface area is 103 Å². The van der Waals surface area contributed by atoms with Gasteiger partial charge in [-0.1, -0.05) is 6.92 Å². The predicted molar refractivity (Wildman–Crippen MR) is 65.2 cm³/mol. The summed E-state index contributed by atoms with van der Waals surface area (Å²) >= 11 is 0. The van der Waals surface area contributed by atoms with Crippen LogP contribution in [0.2, 0.25) is 0 Å². The number of imidazole rings is 1. The Morgan fingerprint density at radius 2 is 1.94 bits per heavy atom. The highest BCUT2D eigenvalue weighted by Crippen LogP contribution is 2.09. The van der Waals surface area contributed by atoms with E-state index in [-0.39, 0.29) is 6.54 Å². The summed E-state index contributed by atoms with van der Waals surface area (Å²) in [6, 6.07) is 1.82. The molecule has 2 aromatic rings. The third kappa shape index (κ3) is 1.46. The lowest BCUT2D eigenvalue weighted by atomic mass is 10.4. The summed E-state index contributed by atoms with van der Waals surface area (Å²) in [5, 5.41) is 8.67. The molecule has 0 saturated carbocycles. The molecule has 0 atom stereocenters. The number of fused-ring (bicyclic) bond motifs is 1. The van der Waals surface area contributed by atoms with Gasteiger partial charge < -0.3 is 4.57 Å². The van der Waals surface area contributed by atoms with E-state index in [4.69, 9.17) is 5.26 Å². The lowest BCUT2D eigenvalue weighted by Gasteiger charge is -2.04. The third-order valence-corrected chi connectivity index (χ3v) is 3.00. The highest BCUT2D eigenvalue weighted by Gasteiger charge is 2.17. The van der Waals surface area contributed by atoms with Crippen molar-refractivity contribution in [2.24, 2.45) is 14.1 Å². The van der Waals surface area contributed by atoms with Crippen LogP contribution in [-0.4, -0.2) is 18.7 Å². The molecule has 7 heteroatoms. The zero-order valence-corrected chi connectivity index (χ0v) is 10.5. The van der Waals surface area contributed by atoms with Crippen LogP contribution in [0, 0.1) is 11.3 Å². The molecule has 0 aromatic carbocycles. The summed E-state index contributed by atoms with van der Waals surface area (Å²) < 4.78 is 3.89. The lowest BCUT2D eigenvalue weighted by molar-refractivity contribution is 0.670. The molecule has 94 valence electrons. The summed E-state index contributed by atoms with van der Waals surface area (Å²) in [7, 11) is 3.28. The van der Waals surface area contributed by atoms with Crippen molar-refractivity contribution in [3.63, 3.8) is 0 Å². The molecule has 0 amide bonds. The molecule has 0 radical (unpaired) electrons. The number of hydrogen-bond donors (Lipinski definition) is 0. The summed E-state index contributed by atoms with van der Waals surface area (Å²) in [6.07, 6.45) is 0.664. The number of nitriles is 1. The zero-order chi connectivity index (χ0) is 13.4. The first-order valence-corrected chi connectivity index (χ1v) is 5.55. The van der Waals surface area contributed by atoms with E-state index in [1.165, 1.54) is 4.57 Å². The van der Waals surface area contributed by atoms with Crippen molar-refractivity contribution >= 4 is 11.2 Å². The van der Waals surface area contributed by atoms with Crippen LogP contribution >= 0.6 is 0 Å². The summed E-state index contributed by atoms with van der Waals surface area (Å²) in [5.41, 5.74) is -0.276. The molecule has 0 aliphatic heterocycles. The minimum atomic E-state index is -0.519. The molecule has 2 aromatic heterocycles. The summed E-state index contributed by atoms with van der Waals surface area (Å²) in [5.74, 6) is 0.729. The van der Waals surface area contributed by atoms with Gasteiger partial charge in [0.15, 0.2) is 11.2 Å². The van der Waals surface area contributed by atoms with Gasteiger partial charge in [-0.15, -0.1) is 0 Å². The zero-order valence-electron chi connectivity index (χ0n) is 10.5. The van der Waals surface area contributed by atoms with Crippen molar-refractivity contribution < 1.29 is 0 Å². The van der Waals surface area contributed by atoms with Crippen molar-refractivity contribution in [3.05, 3.63) is 26.7 Å². The van der Waals surface area contributed by atoms with Gasteiger partial charge in [0.25, 0.3) is 5.56 Å². The molecule has 0 fully saturated rings. The number of hydrogen-bond acceptors (Lipinski definition) is 4. The maximum absolute atomic E-state index is 12.2. The van der Waals surface area contributed by atoms with Crippen LogP contribution in [0.3, 0.4) is 0 Å². The minimum absolute atomic E-state index is 0.256. The second-order valence-electron chi connectivity index (χ2n) is 4.00. The van der Waals surface area contributed by atoms with E-state index in [1.807, 2.05) is 13.0 Å². The average molecular weight is 247 g/mol. The lowest BCUT2D eigenvalue weighted by Crippen LogP contribution is -2.39. The van der Waals surface area contributed by atoms with E-state index < -0.39 is 11.2 Å². The van der Waals surface area contributed by atoms with E-state index >= 15 is 0 Å². The van der Waals surface area contributed by atoms with Gasteiger partial charge >= 0.3 is 5.69 Å². The van der Waals surface area contributed by atoms with Gasteiger partial charge in [-0.05, 0) is 0 Å². The predicted octanol–water partition coefficient (Wildman–Crippen LogP) is -0.480. The van der Waals surface area contributed by atoms with Crippen molar-refractivity contribution in [3.8, 4) is 6.07 Å². The van der Waals surface area contributed by atoms with Crippen molar-refractivity contribution in [1.82, 2.24) is 18.7 Å². The molecular weight excluding hydrogens is 234 g/mol. The first-order valence-electron chi connectivity index (χ1n) is 5.55. The van der Waals surface area contributed by atoms with Crippen molar-refractivity contribution in [2.45, 2.75) is 19.9 Å². The fourth-order valence-electron chi connectivity index (χ4n) is 2.01. The Bertz CT molecular complexity index is 772. The van der Waals surface area contributed by atoms with Gasteiger partial charge in [-0.25, -0.2) is 14.3 Å². The summed E-state index contributed by atoms with van der Waals surface area (Å²) in [4.78, 5) is 28.4. The third-order valence-electron chi connectivity index (χ3n) is 3.00. The van der Waals surface area contributed by atoms with E-state index in [0.717, 1.165) is 10.4 Å². The number of aromatic nitrogens is 4. The van der Waals surface area contributed by atoms with E-state index in [0.29, 0.717) is 17.6 Å². The Morgan fingerprint density at radius 3 is 2.50 bits per heavy atom. The van der Waals surface area contributed by atoms with Crippen LogP contribution in [0.4, 0.5) is 0 Å². The van der Waals surface area contributed by atoms with Crippen molar-refractivity contribution in [2.75, 3.05) is 0 Å². The van der Waals surface area contributed by atoms with Crippen LogP contribution in [0.1, 0.15) is 12.7 Å². The second kappa shape index (κ2) is 4.14. The van der Waals surface area contributed by atoms with E-state index in [9.17, 15) is 9.59 Å². The Balaban J connectivity index is 3.03. The topological polar surface area (TPSA) is 85.6 Å². The van der Waals surface area contributed by atoms with Crippen LogP contribution in [0.15, 0.2) is 9.59 Å². The average Bonchev–Trinajstić information content (AvgIpc) is 2.69. The van der Waals surface area contributed by atoms with Gasteiger partial charge in [0.05, 0.1) is 6.07 Å². The number of nitrogens with zero attached hydrogens (tertiary/aromatic N) is 5. The molecule has 0 aliphatic carbocycles. The van der Waals surface area contributed by atoms with E-state index in [2.05, 4.69) is 4.98 Å². The van der Waals surface area contributed by atoms with Crippen LogP contribution in [-0.2, 0) is 27.1 Å². The Morgan fingerprint density at radius 1 is 1.28 bits per heavy atom. The standard InChI is InChI=1S/C11H13N5O2/c1-4-7-13-9-8(14(7)2)10(17)16(6-5-12)11(18)15(9)3/h4,6H2,1-3H3. The molecular formula is C11H13N5O2. The number of rotatable bonds is 2. The smallest absolute Gasteiger partial charge is 0.325 e. The molecule has 0 spiro atoms. The minimum Gasteiger partial charge on any atom is -0.325 e. The molecule has 0 unspecified atom stereocenters. The number of aryl methyl sites for hydroxylation is 3. The maximum atomic E-state index is 12.2. The van der Waals surface area contributed by atoms with Gasteiger partial charge in [0, 0.05) is 20.5 Å². The Kier molecular flexibility index (Phi) is 2.79. The van der Waals surface area contributed by atoms with Gasteiger partial charge in [0.1, 0.15) is 12.4 Å². The van der Waals surface area contributed by atoms with Crippen LogP contribution in [0.5, 0.6) is 0 Å². The fraction of sp³-hybridized carbons (Fsp3) is 0.455.